The Kier molecular flexibility index (Phi) is 8.85. The number of hydrogen-bond acceptors (Lipinski definition) is 2. The maximum atomic E-state index is 6.06. The van der Waals surface area contributed by atoms with Crippen molar-refractivity contribution in [2.75, 3.05) is 13.2 Å². The third-order valence-corrected chi connectivity index (χ3v) is 13.4. The second-order valence-electron chi connectivity index (χ2n) is 8.55. The van der Waals surface area contributed by atoms with Crippen LogP contribution in [-0.4, -0.2) is 39.4 Å². The van der Waals surface area contributed by atoms with Crippen molar-refractivity contribution < 1.29 is 8.85 Å². The van der Waals surface area contributed by atoms with E-state index in [-0.39, 0.29) is 9.52 Å². The number of rotatable bonds is 11. The Morgan fingerprint density at radius 2 is 1.17 bits per heavy atom. The molecule has 0 radical (unpaired) electrons. The Bertz CT molecular complexity index is 706. The van der Waals surface area contributed by atoms with Gasteiger partial charge in [-0.05, 0) is 73.1 Å². The molecule has 5 heteroatoms. The highest BCUT2D eigenvalue weighted by atomic mass is 28.4. The standard InChI is InChI=1S/C24H38O2Si3/c1-8-19-27-24(20-11-15-22(16-12-20)28(4,5)25-9-2)21-13-17-23(18-14-21)29(6,7)26-10-3/h8,11-18,24H,1,9-10,19,27H2,2-7H3. The van der Waals surface area contributed by atoms with E-state index in [0.29, 0.717) is 5.54 Å². The van der Waals surface area contributed by atoms with E-state index in [4.69, 9.17) is 8.85 Å². The molecule has 2 rings (SSSR count). The summed E-state index contributed by atoms with van der Waals surface area (Å²) in [6.07, 6.45) is 2.08. The van der Waals surface area contributed by atoms with Crippen LogP contribution in [0.1, 0.15) is 30.5 Å². The predicted octanol–water partition coefficient (Wildman–Crippen LogP) is 4.45. The van der Waals surface area contributed by atoms with E-state index in [9.17, 15) is 0 Å². The summed E-state index contributed by atoms with van der Waals surface area (Å²) < 4.78 is 12.1. The zero-order chi connectivity index (χ0) is 21.5. The van der Waals surface area contributed by atoms with Crippen molar-refractivity contribution in [3.8, 4) is 0 Å². The van der Waals surface area contributed by atoms with Crippen LogP contribution in [0.5, 0.6) is 0 Å². The molecule has 158 valence electrons. The summed E-state index contributed by atoms with van der Waals surface area (Å²) in [6, 6.07) is 19.7. The maximum absolute atomic E-state index is 6.06. The van der Waals surface area contributed by atoms with E-state index >= 15 is 0 Å². The van der Waals surface area contributed by atoms with Crippen LogP contribution in [0.4, 0.5) is 0 Å². The molecule has 0 bridgehead atoms. The highest BCUT2D eigenvalue weighted by molar-refractivity contribution is 6.84. The van der Waals surface area contributed by atoms with Gasteiger partial charge in [-0.25, -0.2) is 0 Å². The molecule has 0 aliphatic heterocycles. The molecular formula is C24H38O2Si3. The van der Waals surface area contributed by atoms with E-state index < -0.39 is 16.6 Å². The summed E-state index contributed by atoms with van der Waals surface area (Å²) >= 11 is 0. The normalized spacial score (nSPS) is 12.8. The molecule has 0 fully saturated rings. The summed E-state index contributed by atoms with van der Waals surface area (Å²) in [5.41, 5.74) is 3.38. The second kappa shape index (κ2) is 10.7. The molecule has 0 aliphatic rings. The molecule has 2 aromatic carbocycles. The van der Waals surface area contributed by atoms with Gasteiger partial charge in [0.1, 0.15) is 0 Å². The van der Waals surface area contributed by atoms with Crippen molar-refractivity contribution in [1.82, 2.24) is 0 Å². The minimum absolute atomic E-state index is 0.341. The van der Waals surface area contributed by atoms with E-state index in [1.54, 1.807) is 0 Å². The van der Waals surface area contributed by atoms with E-state index in [1.807, 2.05) is 0 Å². The Labute approximate surface area is 182 Å². The summed E-state index contributed by atoms with van der Waals surface area (Å²) in [5, 5.41) is 2.74. The molecule has 29 heavy (non-hydrogen) atoms. The molecule has 0 saturated heterocycles. The molecule has 0 saturated carbocycles. The average molecular weight is 443 g/mol. The highest BCUT2D eigenvalue weighted by Crippen LogP contribution is 2.25. The van der Waals surface area contributed by atoms with Crippen LogP contribution in [0.15, 0.2) is 61.2 Å². The van der Waals surface area contributed by atoms with Crippen LogP contribution in [0.2, 0.25) is 32.2 Å². The lowest BCUT2D eigenvalue weighted by Gasteiger charge is -2.25. The molecule has 0 N–H and O–H groups in total. The summed E-state index contributed by atoms with van der Waals surface area (Å²) in [4.78, 5) is 0. The van der Waals surface area contributed by atoms with Gasteiger partial charge < -0.3 is 8.85 Å². The quantitative estimate of drug-likeness (QED) is 0.378. The molecular weight excluding hydrogens is 405 g/mol. The molecule has 0 aromatic heterocycles. The minimum Gasteiger partial charge on any atom is -0.413 e. The molecule has 0 aliphatic carbocycles. The van der Waals surface area contributed by atoms with Gasteiger partial charge in [-0.15, -0.1) is 6.58 Å². The van der Waals surface area contributed by atoms with Crippen molar-refractivity contribution in [2.24, 2.45) is 0 Å². The summed E-state index contributed by atoms with van der Waals surface area (Å²) in [7, 11) is -3.93. The molecule has 2 nitrogen and oxygen atoms in total. The molecule has 0 atom stereocenters. The topological polar surface area (TPSA) is 18.5 Å². The van der Waals surface area contributed by atoms with Crippen LogP contribution < -0.4 is 10.4 Å². The van der Waals surface area contributed by atoms with Crippen molar-refractivity contribution >= 4 is 36.5 Å². The Balaban J connectivity index is 2.31. The maximum Gasteiger partial charge on any atom is 0.218 e. The fraction of sp³-hybridized carbons (Fsp3) is 0.417. The Hall–Kier alpha value is -1.25. The van der Waals surface area contributed by atoms with E-state index in [1.165, 1.54) is 21.5 Å². The van der Waals surface area contributed by atoms with Crippen molar-refractivity contribution in [3.05, 3.63) is 72.3 Å². The van der Waals surface area contributed by atoms with Gasteiger partial charge in [0, 0.05) is 22.7 Å². The molecule has 0 spiro atoms. The summed E-state index contributed by atoms with van der Waals surface area (Å²) in [6.45, 7) is 18.8. The van der Waals surface area contributed by atoms with Crippen LogP contribution in [0.3, 0.4) is 0 Å². The zero-order valence-electron chi connectivity index (χ0n) is 19.1. The van der Waals surface area contributed by atoms with E-state index in [2.05, 4.69) is 101 Å². The summed E-state index contributed by atoms with van der Waals surface area (Å²) in [5.74, 6) is 0. The van der Waals surface area contributed by atoms with Gasteiger partial charge in [0.15, 0.2) is 0 Å². The number of benzene rings is 2. The smallest absolute Gasteiger partial charge is 0.218 e. The Morgan fingerprint density at radius 1 is 0.793 bits per heavy atom. The average Bonchev–Trinajstić information content (AvgIpc) is 2.69. The lowest BCUT2D eigenvalue weighted by molar-refractivity contribution is 0.338. The fourth-order valence-electron chi connectivity index (χ4n) is 3.93. The predicted molar refractivity (Wildman–Crippen MR) is 136 cm³/mol. The van der Waals surface area contributed by atoms with Gasteiger partial charge in [0.05, 0.1) is 0 Å². The van der Waals surface area contributed by atoms with Gasteiger partial charge in [0.2, 0.25) is 16.6 Å². The SMILES string of the molecule is C=CC[SiH2]C(c1ccc([Si](C)(C)OCC)cc1)c1ccc([Si](C)(C)OCC)cc1. The highest BCUT2D eigenvalue weighted by Gasteiger charge is 2.26. The van der Waals surface area contributed by atoms with Crippen LogP contribution in [0, 0.1) is 0 Å². The number of allylic oxidation sites excluding steroid dienone is 1. The fourth-order valence-corrected chi connectivity index (χ4v) is 9.43. The molecule has 0 heterocycles. The third kappa shape index (κ3) is 6.36. The first kappa shape index (κ1) is 24.0. The lowest BCUT2D eigenvalue weighted by atomic mass is 10.0. The first-order chi connectivity index (χ1) is 13.7. The van der Waals surface area contributed by atoms with Crippen LogP contribution in [0.25, 0.3) is 0 Å². The van der Waals surface area contributed by atoms with Crippen molar-refractivity contribution in [1.29, 1.82) is 0 Å². The van der Waals surface area contributed by atoms with Crippen molar-refractivity contribution in [3.63, 3.8) is 0 Å². The molecule has 0 unspecified atom stereocenters. The van der Waals surface area contributed by atoms with Crippen LogP contribution >= 0.6 is 0 Å². The lowest BCUT2D eigenvalue weighted by Crippen LogP contribution is -2.44. The van der Waals surface area contributed by atoms with Crippen molar-refractivity contribution in [2.45, 2.75) is 51.6 Å². The molecule has 0 amide bonds. The number of hydrogen-bond donors (Lipinski definition) is 0. The largest absolute Gasteiger partial charge is 0.413 e. The van der Waals surface area contributed by atoms with E-state index in [0.717, 1.165) is 19.3 Å². The van der Waals surface area contributed by atoms with Crippen LogP contribution in [-0.2, 0) is 8.85 Å². The Morgan fingerprint density at radius 3 is 1.48 bits per heavy atom. The van der Waals surface area contributed by atoms with Gasteiger partial charge >= 0.3 is 0 Å². The van der Waals surface area contributed by atoms with Gasteiger partial charge in [-0.2, -0.15) is 0 Å². The first-order valence-corrected chi connectivity index (χ1v) is 18.5. The zero-order valence-corrected chi connectivity index (χ0v) is 22.5. The van der Waals surface area contributed by atoms with Gasteiger partial charge in [-0.1, -0.05) is 54.6 Å². The third-order valence-electron chi connectivity index (χ3n) is 5.69. The minimum atomic E-state index is -1.79. The second-order valence-corrected chi connectivity index (χ2v) is 18.3. The first-order valence-electron chi connectivity index (χ1n) is 10.8. The monoisotopic (exact) mass is 442 g/mol. The van der Waals surface area contributed by atoms with Gasteiger partial charge in [-0.3, -0.25) is 0 Å². The van der Waals surface area contributed by atoms with Gasteiger partial charge in [0.25, 0.3) is 0 Å². The molecule has 2 aromatic rings.